The molecule has 0 bridgehead atoms. The first-order chi connectivity index (χ1) is 10.3. The van der Waals surface area contributed by atoms with Crippen LogP contribution in [0.25, 0.3) is 21.8 Å². The fraction of sp³-hybridized carbons (Fsp3) is 0.105. The molecule has 2 nitrogen and oxygen atoms in total. The van der Waals surface area contributed by atoms with E-state index in [0.29, 0.717) is 0 Å². The summed E-state index contributed by atoms with van der Waals surface area (Å²) in [4.78, 5) is 4.08. The van der Waals surface area contributed by atoms with Crippen molar-refractivity contribution in [1.29, 1.82) is 0 Å². The number of fused-ring (bicyclic) bond motifs is 3. The lowest BCUT2D eigenvalue weighted by molar-refractivity contribution is 1.01. The zero-order valence-corrected chi connectivity index (χ0v) is 12.0. The summed E-state index contributed by atoms with van der Waals surface area (Å²) < 4.78 is 2.26. The second kappa shape index (κ2) is 4.74. The molecular formula is C19H16N2. The van der Waals surface area contributed by atoms with Gasteiger partial charge in [-0.05, 0) is 47.9 Å². The van der Waals surface area contributed by atoms with Gasteiger partial charge >= 0.3 is 0 Å². The molecule has 0 unspecified atom stereocenters. The van der Waals surface area contributed by atoms with E-state index in [1.807, 2.05) is 12.4 Å². The van der Waals surface area contributed by atoms with Gasteiger partial charge in [-0.2, -0.15) is 0 Å². The summed E-state index contributed by atoms with van der Waals surface area (Å²) in [6.07, 6.45) is 4.65. The number of hydrogen-bond acceptors (Lipinski definition) is 1. The Hall–Kier alpha value is -2.61. The van der Waals surface area contributed by atoms with Crippen molar-refractivity contribution in [3.05, 3.63) is 78.1 Å². The van der Waals surface area contributed by atoms with Gasteiger partial charge in [-0.25, -0.2) is 0 Å². The Balaban J connectivity index is 1.88. The number of pyridine rings is 1. The zero-order valence-electron chi connectivity index (χ0n) is 12.0. The number of para-hydroxylation sites is 1. The number of nitrogens with zero attached hydrogens (tertiary/aromatic N) is 2. The summed E-state index contributed by atoms with van der Waals surface area (Å²) in [6, 6.07) is 19.5. The monoisotopic (exact) mass is 272 g/mol. The van der Waals surface area contributed by atoms with Gasteiger partial charge in [0.25, 0.3) is 0 Å². The maximum absolute atomic E-state index is 4.08. The van der Waals surface area contributed by atoms with Crippen LogP contribution in [0.1, 0.15) is 11.1 Å². The molecule has 102 valence electrons. The molecule has 0 atom stereocenters. The third-order valence-electron chi connectivity index (χ3n) is 4.14. The Morgan fingerprint density at radius 2 is 1.57 bits per heavy atom. The molecule has 0 aliphatic heterocycles. The van der Waals surface area contributed by atoms with Crippen molar-refractivity contribution < 1.29 is 0 Å². The van der Waals surface area contributed by atoms with Crippen LogP contribution in [0.2, 0.25) is 0 Å². The van der Waals surface area contributed by atoms with Crippen molar-refractivity contribution in [2.75, 3.05) is 0 Å². The van der Waals surface area contributed by atoms with Crippen LogP contribution in [0.4, 0.5) is 0 Å². The van der Waals surface area contributed by atoms with Crippen molar-refractivity contribution >= 4 is 21.8 Å². The lowest BCUT2D eigenvalue weighted by Crippen LogP contribution is -1.89. The van der Waals surface area contributed by atoms with E-state index in [2.05, 4.69) is 71.2 Å². The van der Waals surface area contributed by atoms with Crippen LogP contribution in [0.15, 0.2) is 67.0 Å². The number of rotatable bonds is 2. The van der Waals surface area contributed by atoms with E-state index in [0.717, 1.165) is 6.42 Å². The minimum atomic E-state index is 0.946. The van der Waals surface area contributed by atoms with Crippen LogP contribution in [0, 0.1) is 0 Å². The minimum absolute atomic E-state index is 0.946. The number of hydrogen-bond donors (Lipinski definition) is 0. The molecule has 0 saturated carbocycles. The first-order valence-electron chi connectivity index (χ1n) is 7.18. The molecule has 4 aromatic rings. The van der Waals surface area contributed by atoms with Crippen molar-refractivity contribution in [3.63, 3.8) is 0 Å². The van der Waals surface area contributed by atoms with E-state index in [1.165, 1.54) is 32.9 Å². The Bertz CT molecular complexity index is 920. The molecular weight excluding hydrogens is 256 g/mol. The molecule has 0 spiro atoms. The zero-order chi connectivity index (χ0) is 14.2. The summed E-state index contributed by atoms with van der Waals surface area (Å²) in [5.41, 5.74) is 5.21. The van der Waals surface area contributed by atoms with Crippen LogP contribution in [-0.4, -0.2) is 9.55 Å². The molecule has 0 aliphatic rings. The van der Waals surface area contributed by atoms with Crippen LogP contribution in [-0.2, 0) is 13.5 Å². The average molecular weight is 272 g/mol. The van der Waals surface area contributed by atoms with E-state index in [9.17, 15) is 0 Å². The molecule has 4 rings (SSSR count). The summed E-state index contributed by atoms with van der Waals surface area (Å²) >= 11 is 0. The molecule has 2 aromatic carbocycles. The van der Waals surface area contributed by atoms with Crippen molar-refractivity contribution in [1.82, 2.24) is 9.55 Å². The lowest BCUT2D eigenvalue weighted by atomic mass is 10.0. The third kappa shape index (κ3) is 2.00. The van der Waals surface area contributed by atoms with E-state index in [4.69, 9.17) is 0 Å². The van der Waals surface area contributed by atoms with Gasteiger partial charge in [0.05, 0.1) is 0 Å². The van der Waals surface area contributed by atoms with Crippen LogP contribution in [0.3, 0.4) is 0 Å². The van der Waals surface area contributed by atoms with Gasteiger partial charge in [0.15, 0.2) is 0 Å². The SMILES string of the molecule is Cn1c2ccccc2c2cc(Cc3ccncc3)ccc21. The Kier molecular flexibility index (Phi) is 2.74. The van der Waals surface area contributed by atoms with E-state index in [-0.39, 0.29) is 0 Å². The first-order valence-corrected chi connectivity index (χ1v) is 7.18. The highest BCUT2D eigenvalue weighted by Crippen LogP contribution is 2.29. The molecule has 21 heavy (non-hydrogen) atoms. The second-order valence-corrected chi connectivity index (χ2v) is 5.46. The Labute approximate surface area is 123 Å². The Morgan fingerprint density at radius 3 is 2.43 bits per heavy atom. The van der Waals surface area contributed by atoms with Crippen molar-refractivity contribution in [3.8, 4) is 0 Å². The topological polar surface area (TPSA) is 17.8 Å². The smallest absolute Gasteiger partial charge is 0.0488 e. The Morgan fingerprint density at radius 1 is 0.810 bits per heavy atom. The van der Waals surface area contributed by atoms with E-state index < -0.39 is 0 Å². The molecule has 0 radical (unpaired) electrons. The minimum Gasteiger partial charge on any atom is -0.344 e. The van der Waals surface area contributed by atoms with Gasteiger partial charge in [0, 0.05) is 41.2 Å². The van der Waals surface area contributed by atoms with Crippen molar-refractivity contribution in [2.45, 2.75) is 6.42 Å². The van der Waals surface area contributed by atoms with Gasteiger partial charge in [-0.1, -0.05) is 24.3 Å². The van der Waals surface area contributed by atoms with E-state index >= 15 is 0 Å². The fourth-order valence-corrected chi connectivity index (χ4v) is 3.06. The molecule has 0 aliphatic carbocycles. The predicted molar refractivity (Wildman–Crippen MR) is 87.5 cm³/mol. The number of aromatic nitrogens is 2. The average Bonchev–Trinajstić information content (AvgIpc) is 2.82. The highest BCUT2D eigenvalue weighted by molar-refractivity contribution is 6.08. The van der Waals surface area contributed by atoms with Crippen LogP contribution in [0.5, 0.6) is 0 Å². The van der Waals surface area contributed by atoms with Gasteiger partial charge in [-0.15, -0.1) is 0 Å². The largest absolute Gasteiger partial charge is 0.344 e. The molecule has 0 saturated heterocycles. The third-order valence-corrected chi connectivity index (χ3v) is 4.14. The standard InChI is InChI=1S/C19H16N2/c1-21-18-5-3-2-4-16(18)17-13-15(6-7-19(17)21)12-14-8-10-20-11-9-14/h2-11,13H,12H2,1H3. The molecule has 0 fully saturated rings. The fourth-order valence-electron chi connectivity index (χ4n) is 3.06. The predicted octanol–water partition coefficient (Wildman–Crippen LogP) is 4.32. The summed E-state index contributed by atoms with van der Waals surface area (Å²) in [5, 5.41) is 2.66. The normalized spacial score (nSPS) is 11.3. The van der Waals surface area contributed by atoms with Crippen molar-refractivity contribution in [2.24, 2.45) is 7.05 Å². The van der Waals surface area contributed by atoms with Gasteiger partial charge in [0.2, 0.25) is 0 Å². The first kappa shape index (κ1) is 12.2. The molecule has 2 aromatic heterocycles. The van der Waals surface area contributed by atoms with Crippen LogP contribution >= 0.6 is 0 Å². The molecule has 0 N–H and O–H groups in total. The summed E-state index contributed by atoms with van der Waals surface area (Å²) in [6.45, 7) is 0. The maximum Gasteiger partial charge on any atom is 0.0488 e. The lowest BCUT2D eigenvalue weighted by Gasteiger charge is -2.03. The molecule has 0 amide bonds. The summed E-state index contributed by atoms with van der Waals surface area (Å²) in [7, 11) is 2.13. The van der Waals surface area contributed by atoms with Gasteiger partial charge < -0.3 is 4.57 Å². The van der Waals surface area contributed by atoms with Gasteiger partial charge in [0.1, 0.15) is 0 Å². The molecule has 2 heteroatoms. The maximum atomic E-state index is 4.08. The van der Waals surface area contributed by atoms with Gasteiger partial charge in [-0.3, -0.25) is 4.98 Å². The van der Waals surface area contributed by atoms with Crippen LogP contribution < -0.4 is 0 Å². The number of benzene rings is 2. The van der Waals surface area contributed by atoms with E-state index in [1.54, 1.807) is 0 Å². The number of aryl methyl sites for hydroxylation is 1. The highest BCUT2D eigenvalue weighted by Gasteiger charge is 2.08. The molecule has 2 heterocycles. The second-order valence-electron chi connectivity index (χ2n) is 5.46. The highest BCUT2D eigenvalue weighted by atomic mass is 14.9. The summed E-state index contributed by atoms with van der Waals surface area (Å²) in [5.74, 6) is 0. The quantitative estimate of drug-likeness (QED) is 0.531.